The monoisotopic (exact) mass is 446 g/mol. The quantitative estimate of drug-likeness (QED) is 0.678. The minimum absolute atomic E-state index is 0.186. The van der Waals surface area contributed by atoms with Crippen molar-refractivity contribution >= 4 is 21.6 Å². The zero-order chi connectivity index (χ0) is 22.0. The Morgan fingerprint density at radius 3 is 2.39 bits per heavy atom. The standard InChI is InChI=1S/C22H30N4O4S/c1-17-14-18(23-30-17)16-24(2)22(27)20-15-19(8-9-21(20)25-10-6-7-11-25)31(28,29)26-12-4-3-5-13-26/h8-9,14-15H,3-7,10-13,16H2,1-2H3. The number of hydrogen-bond acceptors (Lipinski definition) is 6. The van der Waals surface area contributed by atoms with Crippen LogP contribution < -0.4 is 4.90 Å². The van der Waals surface area contributed by atoms with Crippen molar-refractivity contribution in [2.45, 2.75) is 50.5 Å². The maximum absolute atomic E-state index is 13.4. The molecule has 2 saturated heterocycles. The molecule has 0 bridgehead atoms. The van der Waals surface area contributed by atoms with E-state index in [2.05, 4.69) is 10.1 Å². The van der Waals surface area contributed by atoms with Gasteiger partial charge in [-0.05, 0) is 50.8 Å². The normalized spacial score (nSPS) is 17.8. The molecule has 2 aliphatic heterocycles. The lowest BCUT2D eigenvalue weighted by Crippen LogP contribution is -2.36. The molecule has 0 atom stereocenters. The maximum atomic E-state index is 13.4. The van der Waals surface area contributed by atoms with Crippen molar-refractivity contribution in [2.24, 2.45) is 0 Å². The summed E-state index contributed by atoms with van der Waals surface area (Å²) in [5.41, 5.74) is 1.87. The van der Waals surface area contributed by atoms with Crippen LogP contribution >= 0.6 is 0 Å². The summed E-state index contributed by atoms with van der Waals surface area (Å²) in [4.78, 5) is 17.3. The number of rotatable bonds is 6. The summed E-state index contributed by atoms with van der Waals surface area (Å²) in [7, 11) is -1.92. The van der Waals surface area contributed by atoms with Gasteiger partial charge in [0.1, 0.15) is 11.5 Å². The summed E-state index contributed by atoms with van der Waals surface area (Å²) >= 11 is 0. The summed E-state index contributed by atoms with van der Waals surface area (Å²) in [5, 5.41) is 3.97. The molecular weight excluding hydrogens is 416 g/mol. The van der Waals surface area contributed by atoms with Gasteiger partial charge in [-0.1, -0.05) is 11.6 Å². The van der Waals surface area contributed by atoms with E-state index in [1.54, 1.807) is 43.1 Å². The van der Waals surface area contributed by atoms with E-state index >= 15 is 0 Å². The van der Waals surface area contributed by atoms with Gasteiger partial charge in [0.05, 0.1) is 17.0 Å². The first-order chi connectivity index (χ1) is 14.9. The van der Waals surface area contributed by atoms with Gasteiger partial charge in [-0.3, -0.25) is 4.79 Å². The third kappa shape index (κ3) is 4.62. The molecule has 0 radical (unpaired) electrons. The molecule has 1 aromatic carbocycles. The predicted molar refractivity (Wildman–Crippen MR) is 118 cm³/mol. The first-order valence-corrected chi connectivity index (χ1v) is 12.4. The van der Waals surface area contributed by atoms with Gasteiger partial charge >= 0.3 is 0 Å². The second kappa shape index (κ2) is 9.00. The first-order valence-electron chi connectivity index (χ1n) is 10.9. The Kier molecular flexibility index (Phi) is 6.34. The predicted octanol–water partition coefficient (Wildman–Crippen LogP) is 3.03. The second-order valence-corrected chi connectivity index (χ2v) is 10.4. The number of nitrogens with zero attached hydrogens (tertiary/aromatic N) is 4. The van der Waals surface area contributed by atoms with E-state index in [4.69, 9.17) is 4.52 Å². The highest BCUT2D eigenvalue weighted by Gasteiger charge is 2.29. The third-order valence-corrected chi connectivity index (χ3v) is 7.92. The molecule has 2 aliphatic rings. The lowest BCUT2D eigenvalue weighted by Gasteiger charge is -2.27. The average Bonchev–Trinajstić information content (AvgIpc) is 3.45. The number of anilines is 1. The Morgan fingerprint density at radius 2 is 1.74 bits per heavy atom. The number of carbonyl (C=O) groups is 1. The Hall–Kier alpha value is -2.39. The van der Waals surface area contributed by atoms with Gasteiger partial charge in [-0.2, -0.15) is 4.31 Å². The number of aromatic nitrogens is 1. The molecule has 0 aliphatic carbocycles. The Balaban J connectivity index is 1.67. The van der Waals surface area contributed by atoms with Crippen LogP contribution in [0.25, 0.3) is 0 Å². The molecule has 1 aromatic heterocycles. The molecule has 3 heterocycles. The summed E-state index contributed by atoms with van der Waals surface area (Å²) in [5.74, 6) is 0.460. The Morgan fingerprint density at radius 1 is 1.06 bits per heavy atom. The van der Waals surface area contributed by atoms with E-state index in [0.29, 0.717) is 36.7 Å². The Labute approximate surface area is 183 Å². The van der Waals surface area contributed by atoms with Crippen molar-refractivity contribution in [2.75, 3.05) is 38.1 Å². The number of sulfonamides is 1. The minimum Gasteiger partial charge on any atom is -0.371 e. The number of amides is 1. The molecule has 168 valence electrons. The Bertz CT molecular complexity index is 1040. The molecule has 2 fully saturated rings. The minimum atomic E-state index is -3.62. The van der Waals surface area contributed by atoms with Crippen LogP contribution in [0.5, 0.6) is 0 Å². The lowest BCUT2D eigenvalue weighted by molar-refractivity contribution is 0.0782. The number of aryl methyl sites for hydroxylation is 1. The van der Waals surface area contributed by atoms with Gasteiger partial charge in [-0.25, -0.2) is 8.42 Å². The molecule has 0 N–H and O–H groups in total. The molecular formula is C22H30N4O4S. The zero-order valence-corrected chi connectivity index (χ0v) is 19.0. The molecule has 0 unspecified atom stereocenters. The van der Waals surface area contributed by atoms with E-state index in [0.717, 1.165) is 50.9 Å². The average molecular weight is 447 g/mol. The zero-order valence-electron chi connectivity index (χ0n) is 18.2. The number of hydrogen-bond donors (Lipinski definition) is 0. The highest BCUT2D eigenvalue weighted by Crippen LogP contribution is 2.30. The molecule has 2 aromatic rings. The van der Waals surface area contributed by atoms with Gasteiger partial charge in [0.25, 0.3) is 5.91 Å². The lowest BCUT2D eigenvalue weighted by atomic mass is 10.1. The fourth-order valence-electron chi connectivity index (χ4n) is 4.35. The highest BCUT2D eigenvalue weighted by atomic mass is 32.2. The topological polar surface area (TPSA) is 87.0 Å². The van der Waals surface area contributed by atoms with Crippen molar-refractivity contribution in [3.8, 4) is 0 Å². The van der Waals surface area contributed by atoms with Gasteiger partial charge in [-0.15, -0.1) is 0 Å². The van der Waals surface area contributed by atoms with E-state index in [1.807, 2.05) is 0 Å². The van der Waals surface area contributed by atoms with Crippen LogP contribution in [0.15, 0.2) is 33.7 Å². The molecule has 9 heteroatoms. The fraction of sp³-hybridized carbons (Fsp3) is 0.545. The van der Waals surface area contributed by atoms with Crippen LogP contribution in [0.1, 0.15) is 53.9 Å². The van der Waals surface area contributed by atoms with E-state index in [-0.39, 0.29) is 10.8 Å². The van der Waals surface area contributed by atoms with Gasteiger partial charge in [0.2, 0.25) is 10.0 Å². The largest absolute Gasteiger partial charge is 0.371 e. The van der Waals surface area contributed by atoms with Gasteiger partial charge in [0.15, 0.2) is 0 Å². The fourth-order valence-corrected chi connectivity index (χ4v) is 5.89. The maximum Gasteiger partial charge on any atom is 0.256 e. The summed E-state index contributed by atoms with van der Waals surface area (Å²) in [6.07, 6.45) is 4.93. The van der Waals surface area contributed by atoms with Crippen LogP contribution in [-0.2, 0) is 16.6 Å². The van der Waals surface area contributed by atoms with Crippen molar-refractivity contribution in [3.63, 3.8) is 0 Å². The number of piperidine rings is 1. The molecule has 0 saturated carbocycles. The van der Waals surface area contributed by atoms with Crippen LogP contribution in [0, 0.1) is 6.92 Å². The van der Waals surface area contributed by atoms with Crippen molar-refractivity contribution in [1.82, 2.24) is 14.4 Å². The van der Waals surface area contributed by atoms with E-state index < -0.39 is 10.0 Å². The molecule has 31 heavy (non-hydrogen) atoms. The van der Waals surface area contributed by atoms with Crippen LogP contribution in [-0.4, -0.2) is 61.9 Å². The van der Waals surface area contributed by atoms with Crippen LogP contribution in [0.4, 0.5) is 5.69 Å². The van der Waals surface area contributed by atoms with Crippen molar-refractivity contribution in [3.05, 3.63) is 41.3 Å². The SMILES string of the molecule is Cc1cc(CN(C)C(=O)c2cc(S(=O)(=O)N3CCCCC3)ccc2N2CCCC2)no1. The summed E-state index contributed by atoms with van der Waals surface area (Å²) < 4.78 is 33.1. The van der Waals surface area contributed by atoms with Gasteiger partial charge < -0.3 is 14.3 Å². The van der Waals surface area contributed by atoms with Crippen LogP contribution in [0.3, 0.4) is 0 Å². The summed E-state index contributed by atoms with van der Waals surface area (Å²) in [6, 6.07) is 6.80. The molecule has 1 amide bonds. The first kappa shape index (κ1) is 21.8. The molecule has 0 spiro atoms. The third-order valence-electron chi connectivity index (χ3n) is 6.02. The number of benzene rings is 1. The second-order valence-electron chi connectivity index (χ2n) is 8.43. The smallest absolute Gasteiger partial charge is 0.256 e. The molecule has 4 rings (SSSR count). The van der Waals surface area contributed by atoms with Gasteiger partial charge in [0, 0.05) is 45.0 Å². The highest BCUT2D eigenvalue weighted by molar-refractivity contribution is 7.89. The van der Waals surface area contributed by atoms with Crippen LogP contribution in [0.2, 0.25) is 0 Å². The van der Waals surface area contributed by atoms with Crippen molar-refractivity contribution < 1.29 is 17.7 Å². The summed E-state index contributed by atoms with van der Waals surface area (Å²) in [6.45, 7) is 4.89. The van der Waals surface area contributed by atoms with E-state index in [1.165, 1.54) is 4.31 Å². The van der Waals surface area contributed by atoms with E-state index in [9.17, 15) is 13.2 Å². The molecule has 8 nitrogen and oxygen atoms in total. The van der Waals surface area contributed by atoms with Crippen molar-refractivity contribution in [1.29, 1.82) is 0 Å². The number of carbonyl (C=O) groups excluding carboxylic acids is 1.